The third kappa shape index (κ3) is 3.80. The summed E-state index contributed by atoms with van der Waals surface area (Å²) in [6, 6.07) is 62.2. The summed E-state index contributed by atoms with van der Waals surface area (Å²) in [6.45, 7) is 0. The van der Waals surface area contributed by atoms with Gasteiger partial charge in [0, 0.05) is 69.0 Å². The van der Waals surface area contributed by atoms with E-state index in [1.165, 1.54) is 96.7 Å². The van der Waals surface area contributed by atoms with Gasteiger partial charge in [-0.2, -0.15) is 0 Å². The van der Waals surface area contributed by atoms with Gasteiger partial charge in [-0.1, -0.05) is 121 Å². The zero-order valence-electron chi connectivity index (χ0n) is 28.0. The number of nitrogens with zero attached hydrogens (tertiary/aromatic N) is 2. The number of pyridine rings is 1. The molecule has 0 fully saturated rings. The molecule has 12 rings (SSSR count). The molecule has 0 bridgehead atoms. The van der Waals surface area contributed by atoms with Crippen LogP contribution in [0.15, 0.2) is 170 Å². The van der Waals surface area contributed by atoms with E-state index in [2.05, 4.69) is 174 Å². The van der Waals surface area contributed by atoms with E-state index >= 15 is 0 Å². The lowest BCUT2D eigenvalue weighted by Gasteiger charge is -2.15. The summed E-state index contributed by atoms with van der Waals surface area (Å²) in [5.41, 5.74) is 11.9. The molecule has 0 aliphatic heterocycles. The van der Waals surface area contributed by atoms with Crippen molar-refractivity contribution in [3.63, 3.8) is 0 Å². The van der Waals surface area contributed by atoms with Gasteiger partial charge in [0.2, 0.25) is 0 Å². The van der Waals surface area contributed by atoms with Crippen LogP contribution in [-0.4, -0.2) is 9.38 Å². The van der Waals surface area contributed by atoms with Gasteiger partial charge >= 0.3 is 0 Å². The second kappa shape index (κ2) is 10.5. The number of thiophene rings is 1. The number of rotatable bonds is 3. The van der Waals surface area contributed by atoms with Crippen LogP contribution >= 0.6 is 11.3 Å². The first-order valence-corrected chi connectivity index (χ1v) is 18.6. The molecular formula is C49H28N2S. The highest BCUT2D eigenvalue weighted by atomic mass is 32.1. The van der Waals surface area contributed by atoms with Crippen molar-refractivity contribution in [1.29, 1.82) is 0 Å². The normalized spacial score (nSPS) is 12.2. The molecule has 2 nitrogen and oxygen atoms in total. The number of benzene rings is 8. The Labute approximate surface area is 302 Å². The molecule has 0 aliphatic carbocycles. The monoisotopic (exact) mass is 676 g/mol. The lowest BCUT2D eigenvalue weighted by molar-refractivity contribution is 1.37. The maximum atomic E-state index is 5.34. The molecule has 0 saturated carbocycles. The third-order valence-electron chi connectivity index (χ3n) is 11.1. The maximum Gasteiger partial charge on any atom is 0.0788 e. The summed E-state index contributed by atoms with van der Waals surface area (Å²) in [7, 11) is 0. The predicted molar refractivity (Wildman–Crippen MR) is 223 cm³/mol. The van der Waals surface area contributed by atoms with Gasteiger partial charge in [0.15, 0.2) is 0 Å². The van der Waals surface area contributed by atoms with Crippen LogP contribution in [0.4, 0.5) is 0 Å². The fourth-order valence-corrected chi connectivity index (χ4v) is 10.1. The second-order valence-corrected chi connectivity index (χ2v) is 14.9. The van der Waals surface area contributed by atoms with Crippen LogP contribution in [0.25, 0.3) is 113 Å². The van der Waals surface area contributed by atoms with Gasteiger partial charge in [-0.15, -0.1) is 11.3 Å². The molecule has 8 aromatic carbocycles. The summed E-state index contributed by atoms with van der Waals surface area (Å²) >= 11 is 1.90. The van der Waals surface area contributed by atoms with Crippen molar-refractivity contribution < 1.29 is 0 Å². The summed E-state index contributed by atoms with van der Waals surface area (Å²) in [4.78, 5) is 5.34. The zero-order valence-corrected chi connectivity index (χ0v) is 28.8. The van der Waals surface area contributed by atoms with Crippen LogP contribution in [0.3, 0.4) is 0 Å². The number of hydrogen-bond donors (Lipinski definition) is 0. The fourth-order valence-electron chi connectivity index (χ4n) is 8.84. The molecule has 0 atom stereocenters. The van der Waals surface area contributed by atoms with E-state index in [4.69, 9.17) is 4.98 Å². The minimum Gasteiger partial charge on any atom is -0.308 e. The van der Waals surface area contributed by atoms with E-state index in [1.54, 1.807) is 0 Å². The van der Waals surface area contributed by atoms with Crippen molar-refractivity contribution in [2.45, 2.75) is 0 Å². The summed E-state index contributed by atoms with van der Waals surface area (Å²) in [6.07, 6.45) is 0. The highest BCUT2D eigenvalue weighted by Crippen LogP contribution is 2.48. The molecule has 0 saturated heterocycles. The standard InChI is InChI=1S/C49H28N2S/c1-2-13-29(14-3-1)47-40-28-37(49-46(36-20-7-11-24-44(36)52-49)45(40)35-19-4-8-21-41(35)50-47)31-16-12-15-30(25-31)32-26-38-33-17-5-9-22-42(33)51-43-23-10-6-18-34(43)39(27-32)48(38)51/h1-28H. The van der Waals surface area contributed by atoms with E-state index in [0.717, 1.165) is 16.8 Å². The number of fused-ring (bicyclic) bond motifs is 13. The maximum absolute atomic E-state index is 5.34. The van der Waals surface area contributed by atoms with Gasteiger partial charge in [-0.25, -0.2) is 4.98 Å². The molecule has 0 unspecified atom stereocenters. The largest absolute Gasteiger partial charge is 0.308 e. The molecule has 0 N–H and O–H groups in total. The summed E-state index contributed by atoms with van der Waals surface area (Å²) in [5, 5.41) is 11.4. The van der Waals surface area contributed by atoms with Crippen molar-refractivity contribution in [3.05, 3.63) is 170 Å². The first-order valence-electron chi connectivity index (χ1n) is 17.8. The average Bonchev–Trinajstić information content (AvgIpc) is 3.88. The molecule has 0 amide bonds. The van der Waals surface area contributed by atoms with Crippen molar-refractivity contribution >= 4 is 91.3 Å². The SMILES string of the molecule is c1ccc(-c2nc3ccccc3c3c2cc(-c2cccc(-c4cc5c6ccccc6n6c7ccccc7c(c4)c56)c2)c2sc4ccccc4c23)cc1. The molecule has 52 heavy (non-hydrogen) atoms. The molecule has 3 heteroatoms. The Morgan fingerprint density at radius 2 is 1.02 bits per heavy atom. The fraction of sp³-hybridized carbons (Fsp3) is 0. The molecule has 4 heterocycles. The molecule has 240 valence electrons. The molecular weight excluding hydrogens is 649 g/mol. The predicted octanol–water partition coefficient (Wildman–Crippen LogP) is 13.9. The number of para-hydroxylation sites is 3. The van der Waals surface area contributed by atoms with E-state index < -0.39 is 0 Å². The number of aromatic nitrogens is 2. The smallest absolute Gasteiger partial charge is 0.0788 e. The lowest BCUT2D eigenvalue weighted by Crippen LogP contribution is -1.92. The summed E-state index contributed by atoms with van der Waals surface area (Å²) in [5.74, 6) is 0. The molecule has 12 aromatic rings. The molecule has 0 radical (unpaired) electrons. The minimum atomic E-state index is 1.02. The van der Waals surface area contributed by atoms with Crippen LogP contribution in [0.1, 0.15) is 0 Å². The highest BCUT2D eigenvalue weighted by molar-refractivity contribution is 7.26. The van der Waals surface area contributed by atoms with Gasteiger partial charge in [-0.05, 0) is 65.2 Å². The molecule has 4 aromatic heterocycles. The topological polar surface area (TPSA) is 17.3 Å². The van der Waals surface area contributed by atoms with Crippen molar-refractivity contribution in [3.8, 4) is 33.5 Å². The van der Waals surface area contributed by atoms with Crippen LogP contribution in [0.2, 0.25) is 0 Å². The van der Waals surface area contributed by atoms with E-state index in [1.807, 2.05) is 11.3 Å². The highest BCUT2D eigenvalue weighted by Gasteiger charge is 2.22. The van der Waals surface area contributed by atoms with Gasteiger partial charge in [0.05, 0.1) is 27.8 Å². The average molecular weight is 677 g/mol. The van der Waals surface area contributed by atoms with Crippen molar-refractivity contribution in [2.24, 2.45) is 0 Å². The van der Waals surface area contributed by atoms with Crippen LogP contribution in [0, 0.1) is 0 Å². The zero-order chi connectivity index (χ0) is 33.9. The van der Waals surface area contributed by atoms with Gasteiger partial charge in [0.25, 0.3) is 0 Å². The Balaban J connectivity index is 1.17. The van der Waals surface area contributed by atoms with Crippen LogP contribution in [0.5, 0.6) is 0 Å². The van der Waals surface area contributed by atoms with Gasteiger partial charge in [-0.3, -0.25) is 0 Å². The van der Waals surface area contributed by atoms with Crippen molar-refractivity contribution in [2.75, 3.05) is 0 Å². The first kappa shape index (κ1) is 28.2. The van der Waals surface area contributed by atoms with Gasteiger partial charge < -0.3 is 4.40 Å². The van der Waals surface area contributed by atoms with Crippen LogP contribution < -0.4 is 0 Å². The Hall–Kier alpha value is -6.55. The quantitative estimate of drug-likeness (QED) is 0.170. The van der Waals surface area contributed by atoms with Crippen molar-refractivity contribution in [1.82, 2.24) is 9.38 Å². The minimum absolute atomic E-state index is 1.02. The molecule has 0 spiro atoms. The first-order chi connectivity index (χ1) is 25.8. The Morgan fingerprint density at radius 3 is 1.79 bits per heavy atom. The number of hydrogen-bond acceptors (Lipinski definition) is 2. The Kier molecular flexibility index (Phi) is 5.68. The van der Waals surface area contributed by atoms with Gasteiger partial charge in [0.1, 0.15) is 0 Å². The van der Waals surface area contributed by atoms with E-state index in [-0.39, 0.29) is 0 Å². The summed E-state index contributed by atoms with van der Waals surface area (Å²) < 4.78 is 5.06. The molecule has 0 aliphatic rings. The lowest BCUT2D eigenvalue weighted by atomic mass is 9.91. The second-order valence-electron chi connectivity index (χ2n) is 13.9. The third-order valence-corrected chi connectivity index (χ3v) is 12.3. The Bertz CT molecular complexity index is 3320. The van der Waals surface area contributed by atoms with Crippen LogP contribution in [-0.2, 0) is 0 Å². The Morgan fingerprint density at radius 1 is 0.404 bits per heavy atom. The van der Waals surface area contributed by atoms with E-state index in [9.17, 15) is 0 Å². The van der Waals surface area contributed by atoms with E-state index in [0.29, 0.717) is 0 Å².